The first kappa shape index (κ1) is 13.8. The molecule has 1 N–H and O–H groups in total. The van der Waals surface area contributed by atoms with Crippen molar-refractivity contribution in [2.45, 2.75) is 19.7 Å². The molecule has 1 rings (SSSR count). The molecule has 1 aromatic carbocycles. The van der Waals surface area contributed by atoms with E-state index in [0.717, 1.165) is 6.07 Å². The lowest BCUT2D eigenvalue weighted by Crippen LogP contribution is -2.19. The molecule has 0 saturated heterocycles. The molecule has 0 unspecified atom stereocenters. The molecule has 0 atom stereocenters. The van der Waals surface area contributed by atoms with Crippen LogP contribution in [-0.2, 0) is 4.79 Å². The van der Waals surface area contributed by atoms with E-state index in [4.69, 9.17) is 5.26 Å². The Balaban J connectivity index is 2.97. The third-order valence-corrected chi connectivity index (χ3v) is 1.87. The largest absolute Gasteiger partial charge is 0.573 e. The maximum absolute atomic E-state index is 12.1. The highest BCUT2D eigenvalue weighted by molar-refractivity contribution is 5.93. The van der Waals surface area contributed by atoms with E-state index in [1.807, 2.05) is 0 Å². The van der Waals surface area contributed by atoms with Crippen LogP contribution >= 0.6 is 0 Å². The molecule has 96 valence electrons. The number of benzene rings is 1. The van der Waals surface area contributed by atoms with E-state index in [0.29, 0.717) is 5.56 Å². The smallest absolute Gasteiger partial charge is 0.404 e. The fourth-order valence-corrected chi connectivity index (χ4v) is 1.22. The van der Waals surface area contributed by atoms with Crippen LogP contribution in [0, 0.1) is 18.3 Å². The maximum atomic E-state index is 12.1. The van der Waals surface area contributed by atoms with Gasteiger partial charge in [-0.3, -0.25) is 4.79 Å². The Labute approximate surface area is 101 Å². The van der Waals surface area contributed by atoms with Gasteiger partial charge in [0.05, 0.1) is 11.8 Å². The molecule has 0 radical (unpaired) electrons. The van der Waals surface area contributed by atoms with Gasteiger partial charge < -0.3 is 10.1 Å². The normalized spacial score (nSPS) is 10.6. The van der Waals surface area contributed by atoms with E-state index in [1.54, 1.807) is 13.0 Å². The van der Waals surface area contributed by atoms with Crippen molar-refractivity contribution in [1.29, 1.82) is 5.26 Å². The average molecular weight is 258 g/mol. The summed E-state index contributed by atoms with van der Waals surface area (Å²) >= 11 is 0. The van der Waals surface area contributed by atoms with Gasteiger partial charge in [0.2, 0.25) is 5.91 Å². The minimum atomic E-state index is -4.84. The predicted octanol–water partition coefficient (Wildman–Crippen LogP) is 2.75. The zero-order valence-corrected chi connectivity index (χ0v) is 9.34. The number of nitriles is 1. The lowest BCUT2D eigenvalue weighted by molar-refractivity contribution is -0.274. The van der Waals surface area contributed by atoms with Gasteiger partial charge in [0, 0.05) is 0 Å². The summed E-state index contributed by atoms with van der Waals surface area (Å²) in [5.74, 6) is -1.21. The molecule has 0 spiro atoms. The first-order valence-corrected chi connectivity index (χ1v) is 4.85. The number of anilines is 1. The molecular formula is C11H9F3N2O2. The highest BCUT2D eigenvalue weighted by atomic mass is 19.4. The topological polar surface area (TPSA) is 62.1 Å². The van der Waals surface area contributed by atoms with Crippen LogP contribution in [0.5, 0.6) is 5.75 Å². The second-order valence-electron chi connectivity index (χ2n) is 3.43. The predicted molar refractivity (Wildman–Crippen MR) is 56.7 cm³/mol. The highest BCUT2D eigenvalue weighted by Gasteiger charge is 2.32. The molecule has 7 heteroatoms. The summed E-state index contributed by atoms with van der Waals surface area (Å²) in [5.41, 5.74) is 0.532. The Morgan fingerprint density at radius 1 is 1.50 bits per heavy atom. The third-order valence-electron chi connectivity index (χ3n) is 1.87. The molecule has 1 amide bonds. The molecule has 0 aliphatic rings. The molecule has 0 aliphatic carbocycles. The van der Waals surface area contributed by atoms with Crippen LogP contribution in [0.25, 0.3) is 0 Å². The van der Waals surface area contributed by atoms with Crippen LogP contribution in [0.3, 0.4) is 0 Å². The Morgan fingerprint density at radius 3 is 2.72 bits per heavy atom. The van der Waals surface area contributed by atoms with E-state index in [-0.39, 0.29) is 5.69 Å². The number of alkyl halides is 3. The summed E-state index contributed by atoms with van der Waals surface area (Å²) in [6, 6.07) is 5.44. The van der Waals surface area contributed by atoms with Crippen LogP contribution in [0.15, 0.2) is 18.2 Å². The molecule has 0 aliphatic heterocycles. The number of carbonyl (C=O) groups is 1. The van der Waals surface area contributed by atoms with E-state index in [2.05, 4.69) is 10.1 Å². The first-order valence-electron chi connectivity index (χ1n) is 4.85. The van der Waals surface area contributed by atoms with Crippen LogP contribution in [0.2, 0.25) is 0 Å². The number of nitrogens with zero attached hydrogens (tertiary/aromatic N) is 1. The van der Waals surface area contributed by atoms with E-state index in [1.165, 1.54) is 12.1 Å². The fourth-order valence-electron chi connectivity index (χ4n) is 1.22. The van der Waals surface area contributed by atoms with E-state index >= 15 is 0 Å². The number of nitrogens with one attached hydrogen (secondary N) is 1. The van der Waals surface area contributed by atoms with Gasteiger partial charge in [0.1, 0.15) is 6.42 Å². The highest BCUT2D eigenvalue weighted by Crippen LogP contribution is 2.31. The van der Waals surface area contributed by atoms with Crippen molar-refractivity contribution >= 4 is 11.6 Å². The summed E-state index contributed by atoms with van der Waals surface area (Å²) in [6.07, 6.45) is -5.29. The first-order chi connectivity index (χ1) is 8.31. The van der Waals surface area contributed by atoms with Crippen LogP contribution in [0.1, 0.15) is 12.0 Å². The van der Waals surface area contributed by atoms with Crippen LogP contribution in [-0.4, -0.2) is 12.3 Å². The number of carbonyl (C=O) groups excluding carboxylic acids is 1. The zero-order chi connectivity index (χ0) is 13.8. The molecule has 0 aromatic heterocycles. The van der Waals surface area contributed by atoms with Crippen molar-refractivity contribution in [2.75, 3.05) is 5.32 Å². The number of hydrogen-bond acceptors (Lipinski definition) is 3. The monoisotopic (exact) mass is 258 g/mol. The molecule has 4 nitrogen and oxygen atoms in total. The van der Waals surface area contributed by atoms with Gasteiger partial charge in [0.25, 0.3) is 0 Å². The quantitative estimate of drug-likeness (QED) is 0.906. The summed E-state index contributed by atoms with van der Waals surface area (Å²) in [4.78, 5) is 11.2. The molecule has 0 saturated carbocycles. The standard InChI is InChI=1S/C11H9F3N2O2/c1-7-2-3-9(18-11(12,13)14)8(6-7)16-10(17)4-5-15/h2-3,6H,4H2,1H3,(H,16,17). The van der Waals surface area contributed by atoms with Crippen molar-refractivity contribution < 1.29 is 22.7 Å². The molecule has 0 heterocycles. The summed E-state index contributed by atoms with van der Waals surface area (Å²) in [7, 11) is 0. The summed E-state index contributed by atoms with van der Waals surface area (Å²) < 4.78 is 40.1. The van der Waals surface area contributed by atoms with Gasteiger partial charge >= 0.3 is 6.36 Å². The second-order valence-corrected chi connectivity index (χ2v) is 3.43. The number of ether oxygens (including phenoxy) is 1. The summed E-state index contributed by atoms with van der Waals surface area (Å²) in [6.45, 7) is 1.65. The van der Waals surface area contributed by atoms with Gasteiger partial charge in [0.15, 0.2) is 5.75 Å². The third kappa shape index (κ3) is 4.33. The van der Waals surface area contributed by atoms with Gasteiger partial charge in [-0.1, -0.05) is 6.07 Å². The molecule has 18 heavy (non-hydrogen) atoms. The minimum absolute atomic E-state index is 0.118. The number of hydrogen-bond donors (Lipinski definition) is 1. The van der Waals surface area contributed by atoms with Crippen molar-refractivity contribution in [3.8, 4) is 11.8 Å². The molecular weight excluding hydrogens is 249 g/mol. The SMILES string of the molecule is Cc1ccc(OC(F)(F)F)c(NC(=O)CC#N)c1. The minimum Gasteiger partial charge on any atom is -0.404 e. The van der Waals surface area contributed by atoms with Crippen LogP contribution < -0.4 is 10.1 Å². The van der Waals surface area contributed by atoms with Gasteiger partial charge in [-0.05, 0) is 24.6 Å². The number of aryl methyl sites for hydroxylation is 1. The Kier molecular flexibility index (Phi) is 4.15. The van der Waals surface area contributed by atoms with E-state index < -0.39 is 24.4 Å². The van der Waals surface area contributed by atoms with Crippen molar-refractivity contribution in [3.63, 3.8) is 0 Å². The summed E-state index contributed by atoms with van der Waals surface area (Å²) in [5, 5.41) is 10.5. The fraction of sp³-hybridized carbons (Fsp3) is 0.273. The van der Waals surface area contributed by atoms with Crippen LogP contribution in [0.4, 0.5) is 18.9 Å². The number of halogens is 3. The molecule has 1 aromatic rings. The zero-order valence-electron chi connectivity index (χ0n) is 9.34. The Hall–Kier alpha value is -2.23. The molecule has 0 bridgehead atoms. The maximum Gasteiger partial charge on any atom is 0.573 e. The van der Waals surface area contributed by atoms with Gasteiger partial charge in [-0.25, -0.2) is 0 Å². The molecule has 0 fully saturated rings. The van der Waals surface area contributed by atoms with E-state index in [9.17, 15) is 18.0 Å². The second kappa shape index (κ2) is 5.40. The lowest BCUT2D eigenvalue weighted by atomic mass is 10.2. The lowest BCUT2D eigenvalue weighted by Gasteiger charge is -2.14. The Morgan fingerprint density at radius 2 is 2.17 bits per heavy atom. The van der Waals surface area contributed by atoms with Crippen molar-refractivity contribution in [2.24, 2.45) is 0 Å². The van der Waals surface area contributed by atoms with Gasteiger partial charge in [-0.2, -0.15) is 5.26 Å². The van der Waals surface area contributed by atoms with Crippen molar-refractivity contribution in [1.82, 2.24) is 0 Å². The number of rotatable bonds is 3. The number of amides is 1. The average Bonchev–Trinajstić information content (AvgIpc) is 2.20. The van der Waals surface area contributed by atoms with Crippen molar-refractivity contribution in [3.05, 3.63) is 23.8 Å². The Bertz CT molecular complexity index is 492. The van der Waals surface area contributed by atoms with Gasteiger partial charge in [-0.15, -0.1) is 13.2 Å².